The minimum absolute atomic E-state index is 0. The highest BCUT2D eigenvalue weighted by Crippen LogP contribution is 2.30. The van der Waals surface area contributed by atoms with Gasteiger partial charge in [0.05, 0.1) is 19.4 Å². The van der Waals surface area contributed by atoms with E-state index in [4.69, 9.17) is 9.47 Å². The topological polar surface area (TPSA) is 71.0 Å². The van der Waals surface area contributed by atoms with Crippen molar-refractivity contribution in [2.45, 2.75) is 31.8 Å². The van der Waals surface area contributed by atoms with Crippen molar-refractivity contribution in [2.24, 2.45) is 10.9 Å². The van der Waals surface area contributed by atoms with Gasteiger partial charge < -0.3 is 25.0 Å². The number of benzene rings is 1. The number of para-hydroxylation sites is 2. The van der Waals surface area contributed by atoms with Gasteiger partial charge in [0.25, 0.3) is 0 Å². The quantitative estimate of drug-likeness (QED) is 0.306. The van der Waals surface area contributed by atoms with Crippen LogP contribution in [-0.4, -0.2) is 50.8 Å². The predicted octanol–water partition coefficient (Wildman–Crippen LogP) is 3.44. The summed E-state index contributed by atoms with van der Waals surface area (Å²) < 4.78 is 11.2. The fourth-order valence-corrected chi connectivity index (χ4v) is 3.65. The third-order valence-corrected chi connectivity index (χ3v) is 5.60. The van der Waals surface area contributed by atoms with Crippen LogP contribution in [0, 0.1) is 5.92 Å². The Balaban J connectivity index is 0.00000272. The van der Waals surface area contributed by atoms with Gasteiger partial charge in [-0.3, -0.25) is 4.99 Å². The van der Waals surface area contributed by atoms with Gasteiger partial charge in [-0.2, -0.15) is 0 Å². The molecular formula is C23H32IN5O2. The molecule has 2 fully saturated rings. The van der Waals surface area contributed by atoms with E-state index in [1.807, 2.05) is 24.4 Å². The van der Waals surface area contributed by atoms with Crippen LogP contribution in [0.4, 0.5) is 5.69 Å². The Labute approximate surface area is 201 Å². The molecule has 0 spiro atoms. The van der Waals surface area contributed by atoms with Crippen LogP contribution in [0.15, 0.2) is 47.6 Å². The van der Waals surface area contributed by atoms with Crippen molar-refractivity contribution in [1.29, 1.82) is 0 Å². The van der Waals surface area contributed by atoms with Gasteiger partial charge in [0.15, 0.2) is 5.96 Å². The molecule has 168 valence electrons. The number of hydrogen-bond acceptors (Lipinski definition) is 5. The average molecular weight is 537 g/mol. The Morgan fingerprint density at radius 2 is 2.03 bits per heavy atom. The minimum Gasteiger partial charge on any atom is -0.495 e. The Morgan fingerprint density at radius 1 is 1.19 bits per heavy atom. The second kappa shape index (κ2) is 11.4. The highest BCUT2D eigenvalue weighted by molar-refractivity contribution is 14.0. The van der Waals surface area contributed by atoms with E-state index in [-0.39, 0.29) is 24.0 Å². The van der Waals surface area contributed by atoms with Crippen LogP contribution in [0.3, 0.4) is 0 Å². The van der Waals surface area contributed by atoms with Gasteiger partial charge in [-0.15, -0.1) is 24.0 Å². The van der Waals surface area contributed by atoms with E-state index in [0.717, 1.165) is 55.0 Å². The van der Waals surface area contributed by atoms with Crippen molar-refractivity contribution < 1.29 is 9.47 Å². The van der Waals surface area contributed by atoms with Crippen molar-refractivity contribution in [3.8, 4) is 11.6 Å². The Morgan fingerprint density at radius 3 is 2.74 bits per heavy atom. The monoisotopic (exact) mass is 537 g/mol. The highest BCUT2D eigenvalue weighted by atomic mass is 127. The second-order valence-corrected chi connectivity index (χ2v) is 7.93. The molecule has 1 atom stereocenters. The van der Waals surface area contributed by atoms with Gasteiger partial charge in [0, 0.05) is 45.0 Å². The maximum Gasteiger partial charge on any atom is 0.213 e. The molecule has 0 amide bonds. The molecule has 1 aliphatic heterocycles. The number of ether oxygens (including phenoxy) is 2. The van der Waals surface area contributed by atoms with E-state index in [0.29, 0.717) is 18.5 Å². The molecule has 8 heteroatoms. The summed E-state index contributed by atoms with van der Waals surface area (Å²) in [6, 6.07) is 12.5. The Bertz CT molecular complexity index is 857. The Kier molecular flexibility index (Phi) is 8.62. The summed E-state index contributed by atoms with van der Waals surface area (Å²) in [6.07, 6.45) is 5.48. The third-order valence-electron chi connectivity index (χ3n) is 5.60. The SMILES string of the molecule is CN=C(NCc1ccc(OCC2CC2)nc1)NC1CCN(c2ccccc2OC)C1.I. The lowest BCUT2D eigenvalue weighted by Gasteiger charge is -2.22. The molecule has 1 unspecified atom stereocenters. The normalized spacial score (nSPS) is 18.3. The van der Waals surface area contributed by atoms with Crippen molar-refractivity contribution in [2.75, 3.05) is 38.8 Å². The second-order valence-electron chi connectivity index (χ2n) is 7.93. The minimum atomic E-state index is 0. The third kappa shape index (κ3) is 6.62. The van der Waals surface area contributed by atoms with Gasteiger partial charge in [0.2, 0.25) is 5.88 Å². The molecule has 1 saturated carbocycles. The van der Waals surface area contributed by atoms with Crippen LogP contribution in [-0.2, 0) is 6.54 Å². The number of anilines is 1. The summed E-state index contributed by atoms with van der Waals surface area (Å²) in [5.41, 5.74) is 2.24. The van der Waals surface area contributed by atoms with E-state index in [1.54, 1.807) is 14.2 Å². The van der Waals surface area contributed by atoms with E-state index < -0.39 is 0 Å². The molecule has 4 rings (SSSR count). The van der Waals surface area contributed by atoms with Gasteiger partial charge in [-0.1, -0.05) is 18.2 Å². The molecular weight excluding hydrogens is 505 g/mol. The molecule has 1 saturated heterocycles. The van der Waals surface area contributed by atoms with Gasteiger partial charge in [-0.25, -0.2) is 4.98 Å². The summed E-state index contributed by atoms with van der Waals surface area (Å²) in [5, 5.41) is 6.92. The maximum atomic E-state index is 5.70. The summed E-state index contributed by atoms with van der Waals surface area (Å²) in [5.74, 6) is 3.15. The summed E-state index contributed by atoms with van der Waals surface area (Å²) in [7, 11) is 3.52. The average Bonchev–Trinajstić information content (AvgIpc) is 3.52. The van der Waals surface area contributed by atoms with Gasteiger partial charge in [-0.05, 0) is 42.9 Å². The molecule has 1 aromatic carbocycles. The Hall–Kier alpha value is -2.23. The summed E-state index contributed by atoms with van der Waals surface area (Å²) in [6.45, 7) is 3.35. The highest BCUT2D eigenvalue weighted by Gasteiger charge is 2.25. The lowest BCUT2D eigenvalue weighted by atomic mass is 10.2. The van der Waals surface area contributed by atoms with E-state index in [1.165, 1.54) is 12.8 Å². The number of halogens is 1. The standard InChI is InChI=1S/C23H31N5O2.HI/c1-24-23(26-14-18-9-10-22(25-13-18)30-16-17-7-8-17)27-19-11-12-28(15-19)20-5-3-4-6-21(20)29-2;/h3-6,9-10,13,17,19H,7-8,11-12,14-16H2,1-2H3,(H2,24,26,27);1H. The number of methoxy groups -OCH3 is 1. The van der Waals surface area contributed by atoms with Crippen LogP contribution in [0.1, 0.15) is 24.8 Å². The first kappa shape index (κ1) is 23.4. The molecule has 31 heavy (non-hydrogen) atoms. The van der Waals surface area contributed by atoms with Crippen LogP contribution in [0.5, 0.6) is 11.6 Å². The number of aliphatic imine (C=N–C) groups is 1. The number of aromatic nitrogens is 1. The zero-order valence-electron chi connectivity index (χ0n) is 18.2. The van der Waals surface area contributed by atoms with Crippen LogP contribution >= 0.6 is 24.0 Å². The van der Waals surface area contributed by atoms with Crippen molar-refractivity contribution in [3.05, 3.63) is 48.2 Å². The fourth-order valence-electron chi connectivity index (χ4n) is 3.65. The van der Waals surface area contributed by atoms with Crippen LogP contribution in [0.2, 0.25) is 0 Å². The number of nitrogens with one attached hydrogen (secondary N) is 2. The summed E-state index contributed by atoms with van der Waals surface area (Å²) >= 11 is 0. The molecule has 7 nitrogen and oxygen atoms in total. The van der Waals surface area contributed by atoms with Crippen molar-refractivity contribution >= 4 is 35.6 Å². The largest absolute Gasteiger partial charge is 0.495 e. The predicted molar refractivity (Wildman–Crippen MR) is 135 cm³/mol. The van der Waals surface area contributed by atoms with Crippen molar-refractivity contribution in [1.82, 2.24) is 15.6 Å². The number of pyridine rings is 1. The van der Waals surface area contributed by atoms with Gasteiger partial charge >= 0.3 is 0 Å². The lowest BCUT2D eigenvalue weighted by Crippen LogP contribution is -2.44. The fraction of sp³-hybridized carbons (Fsp3) is 0.478. The van der Waals surface area contributed by atoms with Crippen molar-refractivity contribution in [3.63, 3.8) is 0 Å². The molecule has 0 radical (unpaired) electrons. The first-order valence-electron chi connectivity index (χ1n) is 10.7. The number of guanidine groups is 1. The summed E-state index contributed by atoms with van der Waals surface area (Å²) in [4.78, 5) is 11.1. The zero-order chi connectivity index (χ0) is 20.8. The molecule has 1 aromatic heterocycles. The molecule has 2 aliphatic rings. The number of rotatable bonds is 8. The molecule has 1 aliphatic carbocycles. The first-order chi connectivity index (χ1) is 14.7. The maximum absolute atomic E-state index is 5.70. The van der Waals surface area contributed by atoms with E-state index >= 15 is 0 Å². The lowest BCUT2D eigenvalue weighted by molar-refractivity contribution is 0.288. The number of nitrogens with zero attached hydrogens (tertiary/aromatic N) is 3. The number of hydrogen-bond donors (Lipinski definition) is 2. The van der Waals surface area contributed by atoms with E-state index in [9.17, 15) is 0 Å². The van der Waals surface area contributed by atoms with E-state index in [2.05, 4.69) is 43.7 Å². The molecule has 0 bridgehead atoms. The van der Waals surface area contributed by atoms with Crippen LogP contribution in [0.25, 0.3) is 0 Å². The zero-order valence-corrected chi connectivity index (χ0v) is 20.5. The van der Waals surface area contributed by atoms with Crippen LogP contribution < -0.4 is 25.0 Å². The molecule has 2 N–H and O–H groups in total. The first-order valence-corrected chi connectivity index (χ1v) is 10.7. The van der Waals surface area contributed by atoms with Gasteiger partial charge in [0.1, 0.15) is 5.75 Å². The molecule has 2 heterocycles. The smallest absolute Gasteiger partial charge is 0.213 e. The molecule has 2 aromatic rings.